The molecule has 0 radical (unpaired) electrons. The highest BCUT2D eigenvalue weighted by molar-refractivity contribution is 5.94. The summed E-state index contributed by atoms with van der Waals surface area (Å²) in [6.07, 6.45) is 1.25. The number of likely N-dealkylation sites (tertiary alicyclic amines) is 1. The van der Waals surface area contributed by atoms with Crippen molar-refractivity contribution in [1.29, 1.82) is 0 Å². The predicted molar refractivity (Wildman–Crippen MR) is 131 cm³/mol. The fourth-order valence-electron chi connectivity index (χ4n) is 4.30. The third kappa shape index (κ3) is 5.50. The zero-order chi connectivity index (χ0) is 23.9. The van der Waals surface area contributed by atoms with Gasteiger partial charge in [0.1, 0.15) is 18.1 Å². The molecule has 0 atom stereocenters. The van der Waals surface area contributed by atoms with Crippen LogP contribution in [0, 0.1) is 5.92 Å². The molecule has 1 fully saturated rings. The topological polar surface area (TPSA) is 65.1 Å². The van der Waals surface area contributed by atoms with Gasteiger partial charge >= 0.3 is 5.97 Å². The summed E-state index contributed by atoms with van der Waals surface area (Å²) in [5.41, 5.74) is 1.41. The molecule has 1 aliphatic heterocycles. The number of nitrogens with zero attached hydrogens (tertiary/aromatic N) is 1. The average Bonchev–Trinajstić information content (AvgIpc) is 2.88. The van der Waals surface area contributed by atoms with Gasteiger partial charge in [0.05, 0.1) is 19.1 Å². The molecule has 3 aromatic rings. The summed E-state index contributed by atoms with van der Waals surface area (Å²) < 4.78 is 17.0. The highest BCUT2D eigenvalue weighted by Gasteiger charge is 2.29. The van der Waals surface area contributed by atoms with Gasteiger partial charge in [0, 0.05) is 24.2 Å². The van der Waals surface area contributed by atoms with Gasteiger partial charge < -0.3 is 19.1 Å². The van der Waals surface area contributed by atoms with Crippen LogP contribution in [0.15, 0.2) is 60.7 Å². The summed E-state index contributed by atoms with van der Waals surface area (Å²) in [5.74, 6) is 1.14. The second-order valence-electron chi connectivity index (χ2n) is 8.37. The Morgan fingerprint density at radius 3 is 2.38 bits per heavy atom. The molecule has 4 rings (SSSR count). The summed E-state index contributed by atoms with van der Waals surface area (Å²) in [7, 11) is 0. The molecular formula is C28H31NO5. The first-order chi connectivity index (χ1) is 16.6. The number of amides is 1. The first kappa shape index (κ1) is 23.6. The van der Waals surface area contributed by atoms with E-state index in [9.17, 15) is 9.59 Å². The summed E-state index contributed by atoms with van der Waals surface area (Å²) >= 11 is 0. The van der Waals surface area contributed by atoms with E-state index >= 15 is 0 Å². The molecule has 0 N–H and O–H groups in total. The Morgan fingerprint density at radius 1 is 0.882 bits per heavy atom. The number of benzene rings is 3. The van der Waals surface area contributed by atoms with Crippen LogP contribution in [-0.2, 0) is 16.1 Å². The van der Waals surface area contributed by atoms with E-state index in [1.54, 1.807) is 11.0 Å². The van der Waals surface area contributed by atoms with E-state index in [0.29, 0.717) is 57.1 Å². The van der Waals surface area contributed by atoms with Gasteiger partial charge in [-0.2, -0.15) is 0 Å². The molecule has 1 heterocycles. The summed E-state index contributed by atoms with van der Waals surface area (Å²) in [6, 6.07) is 19.6. The molecule has 0 aliphatic carbocycles. The van der Waals surface area contributed by atoms with Gasteiger partial charge in [0.15, 0.2) is 0 Å². The maximum absolute atomic E-state index is 13.2. The van der Waals surface area contributed by atoms with Crippen LogP contribution in [0.25, 0.3) is 10.8 Å². The number of carbonyl (C=O) groups excluding carboxylic acids is 2. The minimum absolute atomic E-state index is 0.0442. The first-order valence-electron chi connectivity index (χ1n) is 11.9. The maximum atomic E-state index is 13.2. The van der Waals surface area contributed by atoms with Crippen molar-refractivity contribution in [2.45, 2.75) is 33.3 Å². The number of piperidine rings is 1. The smallest absolute Gasteiger partial charge is 0.309 e. The lowest BCUT2D eigenvalue weighted by atomic mass is 9.96. The highest BCUT2D eigenvalue weighted by atomic mass is 16.5. The molecule has 3 aromatic carbocycles. The van der Waals surface area contributed by atoms with Gasteiger partial charge in [-0.15, -0.1) is 0 Å². The van der Waals surface area contributed by atoms with Gasteiger partial charge in [0.25, 0.3) is 5.91 Å². The summed E-state index contributed by atoms with van der Waals surface area (Å²) in [6.45, 7) is 6.02. The van der Waals surface area contributed by atoms with E-state index in [1.165, 1.54) is 0 Å². The minimum Gasteiger partial charge on any atom is -0.493 e. The maximum Gasteiger partial charge on any atom is 0.309 e. The highest BCUT2D eigenvalue weighted by Crippen LogP contribution is 2.27. The molecule has 0 unspecified atom stereocenters. The molecule has 34 heavy (non-hydrogen) atoms. The van der Waals surface area contributed by atoms with Crippen LogP contribution < -0.4 is 9.47 Å². The molecule has 1 aliphatic rings. The van der Waals surface area contributed by atoms with Crippen molar-refractivity contribution in [3.8, 4) is 11.5 Å². The van der Waals surface area contributed by atoms with Crippen molar-refractivity contribution in [3.63, 3.8) is 0 Å². The molecule has 6 heteroatoms. The van der Waals surface area contributed by atoms with Crippen molar-refractivity contribution in [2.75, 3.05) is 26.3 Å². The van der Waals surface area contributed by atoms with Gasteiger partial charge in [-0.3, -0.25) is 9.59 Å². The molecule has 0 saturated carbocycles. The van der Waals surface area contributed by atoms with E-state index in [0.717, 1.165) is 22.1 Å². The van der Waals surface area contributed by atoms with Crippen LogP contribution in [0.3, 0.4) is 0 Å². The lowest BCUT2D eigenvalue weighted by Crippen LogP contribution is -2.40. The average molecular weight is 462 g/mol. The molecule has 178 valence electrons. The first-order valence-corrected chi connectivity index (χ1v) is 11.9. The van der Waals surface area contributed by atoms with Gasteiger partial charge in [-0.05, 0) is 67.8 Å². The normalized spacial score (nSPS) is 14.1. The zero-order valence-corrected chi connectivity index (χ0v) is 19.8. The molecular weight excluding hydrogens is 430 g/mol. The Hall–Kier alpha value is -3.54. The van der Waals surface area contributed by atoms with E-state index in [1.807, 2.05) is 56.3 Å². The Morgan fingerprint density at radius 2 is 1.65 bits per heavy atom. The largest absolute Gasteiger partial charge is 0.493 e. The molecule has 6 nitrogen and oxygen atoms in total. The number of hydrogen-bond acceptors (Lipinski definition) is 5. The third-order valence-electron chi connectivity index (χ3n) is 6.12. The molecule has 0 bridgehead atoms. The van der Waals surface area contributed by atoms with Crippen LogP contribution in [0.2, 0.25) is 0 Å². The summed E-state index contributed by atoms with van der Waals surface area (Å²) in [4.78, 5) is 27.0. The minimum atomic E-state index is -0.163. The number of hydrogen-bond donors (Lipinski definition) is 0. The van der Waals surface area contributed by atoms with Crippen molar-refractivity contribution in [2.24, 2.45) is 5.92 Å². The Labute approximate surface area is 200 Å². The van der Waals surface area contributed by atoms with Crippen LogP contribution in [0.4, 0.5) is 0 Å². The van der Waals surface area contributed by atoms with E-state index < -0.39 is 0 Å². The lowest BCUT2D eigenvalue weighted by Gasteiger charge is -2.31. The van der Waals surface area contributed by atoms with Gasteiger partial charge in [0.2, 0.25) is 0 Å². The van der Waals surface area contributed by atoms with Crippen molar-refractivity contribution in [1.82, 2.24) is 4.90 Å². The van der Waals surface area contributed by atoms with E-state index in [-0.39, 0.29) is 17.8 Å². The molecule has 0 spiro atoms. The molecule has 0 aromatic heterocycles. The van der Waals surface area contributed by atoms with Crippen molar-refractivity contribution in [3.05, 3.63) is 71.8 Å². The second-order valence-corrected chi connectivity index (χ2v) is 8.37. The Bertz CT molecular complexity index is 1150. The SMILES string of the molecule is CCOC(=O)C1CCN(C(=O)c2ccc(OCC)c(COc3ccc4ccccc4c3)c2)CC1. The fourth-order valence-corrected chi connectivity index (χ4v) is 4.30. The van der Waals surface area contributed by atoms with Crippen LogP contribution in [0.5, 0.6) is 11.5 Å². The standard InChI is InChI=1S/C28H31NO5/c1-3-32-26-12-10-23(27(30)29-15-13-21(14-16-29)28(31)33-4-2)17-24(26)19-34-25-11-9-20-7-5-6-8-22(20)18-25/h5-12,17-18,21H,3-4,13-16,19H2,1-2H3. The van der Waals surface area contributed by atoms with Crippen LogP contribution >= 0.6 is 0 Å². The molecule has 1 amide bonds. The number of esters is 1. The Balaban J connectivity index is 1.45. The quantitative estimate of drug-likeness (QED) is 0.430. The number of ether oxygens (including phenoxy) is 3. The number of fused-ring (bicyclic) bond motifs is 1. The third-order valence-corrected chi connectivity index (χ3v) is 6.12. The summed E-state index contributed by atoms with van der Waals surface area (Å²) in [5, 5.41) is 2.27. The van der Waals surface area contributed by atoms with Crippen molar-refractivity contribution >= 4 is 22.6 Å². The van der Waals surface area contributed by atoms with Crippen LogP contribution in [0.1, 0.15) is 42.6 Å². The van der Waals surface area contributed by atoms with E-state index in [4.69, 9.17) is 14.2 Å². The second kappa shape index (κ2) is 11.1. The number of rotatable bonds is 8. The Kier molecular flexibility index (Phi) is 7.68. The zero-order valence-electron chi connectivity index (χ0n) is 19.8. The van der Waals surface area contributed by atoms with Gasteiger partial charge in [-0.25, -0.2) is 0 Å². The number of carbonyl (C=O) groups is 2. The lowest BCUT2D eigenvalue weighted by molar-refractivity contribution is -0.149. The van der Waals surface area contributed by atoms with Gasteiger partial charge in [-0.1, -0.05) is 30.3 Å². The van der Waals surface area contributed by atoms with Crippen molar-refractivity contribution < 1.29 is 23.8 Å². The van der Waals surface area contributed by atoms with E-state index in [2.05, 4.69) is 12.1 Å². The fraction of sp³-hybridized carbons (Fsp3) is 0.357. The monoisotopic (exact) mass is 461 g/mol. The molecule has 1 saturated heterocycles. The van der Waals surface area contributed by atoms with Crippen LogP contribution in [-0.4, -0.2) is 43.1 Å². The predicted octanol–water partition coefficient (Wildman–Crippen LogP) is 5.23.